The zero-order chi connectivity index (χ0) is 11.0. The van der Waals surface area contributed by atoms with E-state index in [1.807, 2.05) is 11.8 Å². The van der Waals surface area contributed by atoms with Gasteiger partial charge < -0.3 is 9.64 Å². The number of ether oxygens (including phenoxy) is 1. The summed E-state index contributed by atoms with van der Waals surface area (Å²) in [6.45, 7) is 4.27. The zero-order valence-corrected chi connectivity index (χ0v) is 12.5. The molecule has 17 heavy (non-hydrogen) atoms. The Morgan fingerprint density at radius 2 is 2.24 bits per heavy atom. The van der Waals surface area contributed by atoms with Crippen molar-refractivity contribution in [2.24, 2.45) is 0 Å². The first kappa shape index (κ1) is 13.2. The Bertz CT molecular complexity index is 381. The number of hydrogen-bond acceptors (Lipinski definition) is 3. The lowest BCUT2D eigenvalue weighted by Gasteiger charge is -2.26. The minimum Gasteiger partial charge on any atom is -0.376 e. The van der Waals surface area contributed by atoms with Crippen LogP contribution in [0.25, 0.3) is 0 Å². The van der Waals surface area contributed by atoms with Crippen LogP contribution in [0.1, 0.15) is 19.8 Å². The van der Waals surface area contributed by atoms with E-state index >= 15 is 0 Å². The minimum atomic E-state index is 0. The first-order chi connectivity index (χ1) is 7.84. The van der Waals surface area contributed by atoms with Gasteiger partial charge in [-0.15, -0.1) is 17.0 Å². The average Bonchev–Trinajstić information content (AvgIpc) is 2.89. The van der Waals surface area contributed by atoms with Crippen LogP contribution in [0.2, 0.25) is 0 Å². The number of hydrogen-bond donors (Lipinski definition) is 0. The van der Waals surface area contributed by atoms with Crippen molar-refractivity contribution in [2.45, 2.75) is 36.1 Å². The highest BCUT2D eigenvalue weighted by Gasteiger charge is 2.29. The number of rotatable bonds is 2. The van der Waals surface area contributed by atoms with Crippen molar-refractivity contribution in [1.82, 2.24) is 0 Å². The standard InChI is InChI=1S/C13H17NOS.BrH/c1-10-14(9-11-5-4-8-15-11)12-6-2-3-7-13(12)16-10;/h2-3,6-7,10-11H,4-5,8-9H2,1H3;1H. The summed E-state index contributed by atoms with van der Waals surface area (Å²) < 4.78 is 5.73. The second-order valence-corrected chi connectivity index (χ2v) is 5.83. The summed E-state index contributed by atoms with van der Waals surface area (Å²) in [4.78, 5) is 3.89. The number of para-hydroxylation sites is 1. The first-order valence-corrected chi connectivity index (χ1v) is 6.86. The lowest BCUT2D eigenvalue weighted by atomic mass is 10.2. The molecule has 2 nitrogen and oxygen atoms in total. The Labute approximate surface area is 117 Å². The summed E-state index contributed by atoms with van der Waals surface area (Å²) in [6.07, 6.45) is 2.88. The molecule has 0 radical (unpaired) electrons. The van der Waals surface area contributed by atoms with Gasteiger partial charge in [0, 0.05) is 18.0 Å². The van der Waals surface area contributed by atoms with Gasteiger partial charge >= 0.3 is 0 Å². The number of benzene rings is 1. The molecular formula is C13H18BrNOS. The molecule has 4 heteroatoms. The predicted octanol–water partition coefficient (Wildman–Crippen LogP) is 3.70. The van der Waals surface area contributed by atoms with Crippen molar-refractivity contribution in [3.05, 3.63) is 24.3 Å². The predicted molar refractivity (Wildman–Crippen MR) is 78.4 cm³/mol. The van der Waals surface area contributed by atoms with Crippen molar-refractivity contribution in [3.8, 4) is 0 Å². The van der Waals surface area contributed by atoms with E-state index in [0.29, 0.717) is 11.5 Å². The van der Waals surface area contributed by atoms with Gasteiger partial charge in [0.2, 0.25) is 0 Å². The molecule has 2 unspecified atom stereocenters. The maximum absolute atomic E-state index is 5.73. The average molecular weight is 316 g/mol. The van der Waals surface area contributed by atoms with Gasteiger partial charge in [-0.1, -0.05) is 23.9 Å². The molecule has 2 aliphatic rings. The minimum absolute atomic E-state index is 0. The molecule has 0 aliphatic carbocycles. The number of nitrogens with zero attached hydrogens (tertiary/aromatic N) is 1. The van der Waals surface area contributed by atoms with Crippen molar-refractivity contribution in [1.29, 1.82) is 0 Å². The van der Waals surface area contributed by atoms with Crippen LogP contribution in [0.3, 0.4) is 0 Å². The molecule has 0 bridgehead atoms. The van der Waals surface area contributed by atoms with Gasteiger partial charge in [0.05, 0.1) is 17.2 Å². The van der Waals surface area contributed by atoms with Crippen LogP contribution in [-0.4, -0.2) is 24.6 Å². The van der Waals surface area contributed by atoms with Gasteiger partial charge in [-0.2, -0.15) is 0 Å². The largest absolute Gasteiger partial charge is 0.376 e. The van der Waals surface area contributed by atoms with Crippen LogP contribution in [0.5, 0.6) is 0 Å². The Morgan fingerprint density at radius 1 is 1.41 bits per heavy atom. The molecule has 1 saturated heterocycles. The van der Waals surface area contributed by atoms with E-state index < -0.39 is 0 Å². The van der Waals surface area contributed by atoms with Crippen LogP contribution in [-0.2, 0) is 4.74 Å². The quantitative estimate of drug-likeness (QED) is 0.825. The molecule has 3 rings (SSSR count). The molecule has 0 N–H and O–H groups in total. The van der Waals surface area contributed by atoms with Gasteiger partial charge in [-0.05, 0) is 31.9 Å². The number of fused-ring (bicyclic) bond motifs is 1. The Kier molecular flexibility index (Phi) is 4.39. The molecule has 0 spiro atoms. The smallest absolute Gasteiger partial charge is 0.0771 e. The van der Waals surface area contributed by atoms with E-state index in [0.717, 1.165) is 13.2 Å². The fraction of sp³-hybridized carbons (Fsp3) is 0.538. The highest BCUT2D eigenvalue weighted by Crippen LogP contribution is 2.43. The third kappa shape index (κ3) is 2.64. The van der Waals surface area contributed by atoms with Crippen LogP contribution in [0, 0.1) is 0 Å². The maximum Gasteiger partial charge on any atom is 0.0771 e. The van der Waals surface area contributed by atoms with Crippen LogP contribution in [0.4, 0.5) is 5.69 Å². The molecule has 1 fully saturated rings. The summed E-state index contributed by atoms with van der Waals surface area (Å²) in [6, 6.07) is 8.68. The second-order valence-electron chi connectivity index (χ2n) is 4.47. The lowest BCUT2D eigenvalue weighted by molar-refractivity contribution is 0.115. The topological polar surface area (TPSA) is 12.5 Å². The number of anilines is 1. The van der Waals surface area contributed by atoms with E-state index in [-0.39, 0.29) is 17.0 Å². The van der Waals surface area contributed by atoms with E-state index in [1.165, 1.54) is 23.4 Å². The Hall–Kier alpha value is -0.190. The summed E-state index contributed by atoms with van der Waals surface area (Å²) in [5.74, 6) is 0. The van der Waals surface area contributed by atoms with Gasteiger partial charge in [0.25, 0.3) is 0 Å². The fourth-order valence-corrected chi connectivity index (χ4v) is 3.65. The van der Waals surface area contributed by atoms with Gasteiger partial charge in [0.15, 0.2) is 0 Å². The Balaban J connectivity index is 0.00000108. The van der Waals surface area contributed by atoms with E-state index in [9.17, 15) is 0 Å². The van der Waals surface area contributed by atoms with Gasteiger partial charge in [0.1, 0.15) is 0 Å². The number of thioether (sulfide) groups is 1. The molecule has 0 aromatic heterocycles. The molecule has 0 saturated carbocycles. The second kappa shape index (κ2) is 5.63. The summed E-state index contributed by atoms with van der Waals surface area (Å²) in [7, 11) is 0. The highest BCUT2D eigenvalue weighted by atomic mass is 79.9. The third-order valence-corrected chi connectivity index (χ3v) is 4.53. The maximum atomic E-state index is 5.73. The molecule has 1 aromatic carbocycles. The lowest BCUT2D eigenvalue weighted by Crippen LogP contribution is -2.34. The van der Waals surface area contributed by atoms with Crippen molar-refractivity contribution >= 4 is 34.4 Å². The zero-order valence-electron chi connectivity index (χ0n) is 9.96. The molecular weight excluding hydrogens is 298 g/mol. The summed E-state index contributed by atoms with van der Waals surface area (Å²) in [5, 5.41) is 0.543. The van der Waals surface area contributed by atoms with Crippen LogP contribution < -0.4 is 4.90 Å². The fourth-order valence-electron chi connectivity index (χ4n) is 2.49. The van der Waals surface area contributed by atoms with E-state index in [2.05, 4.69) is 36.1 Å². The first-order valence-electron chi connectivity index (χ1n) is 5.98. The SMILES string of the molecule is Br.CC1Sc2ccccc2N1CC1CCCO1. The van der Waals surface area contributed by atoms with Crippen molar-refractivity contribution in [2.75, 3.05) is 18.1 Å². The molecule has 0 amide bonds. The summed E-state index contributed by atoms with van der Waals surface area (Å²) in [5.41, 5.74) is 1.38. The monoisotopic (exact) mass is 315 g/mol. The van der Waals surface area contributed by atoms with Crippen molar-refractivity contribution < 1.29 is 4.74 Å². The molecule has 2 aliphatic heterocycles. The van der Waals surface area contributed by atoms with Crippen LogP contribution in [0.15, 0.2) is 29.2 Å². The highest BCUT2D eigenvalue weighted by molar-refractivity contribution is 8.93. The van der Waals surface area contributed by atoms with E-state index in [4.69, 9.17) is 4.74 Å². The molecule has 2 heterocycles. The third-order valence-electron chi connectivity index (χ3n) is 3.34. The normalized spacial score (nSPS) is 26.8. The molecule has 94 valence electrons. The molecule has 1 aromatic rings. The Morgan fingerprint density at radius 3 is 3.00 bits per heavy atom. The van der Waals surface area contributed by atoms with E-state index in [1.54, 1.807) is 0 Å². The van der Waals surface area contributed by atoms with Gasteiger partial charge in [-0.3, -0.25) is 0 Å². The number of halogens is 1. The van der Waals surface area contributed by atoms with Gasteiger partial charge in [-0.25, -0.2) is 0 Å². The van der Waals surface area contributed by atoms with Crippen LogP contribution >= 0.6 is 28.7 Å². The molecule has 2 atom stereocenters. The van der Waals surface area contributed by atoms with Crippen molar-refractivity contribution in [3.63, 3.8) is 0 Å². The summed E-state index contributed by atoms with van der Waals surface area (Å²) >= 11 is 1.95.